The smallest absolute Gasteiger partial charge is 0.170 e. The maximum absolute atomic E-state index is 9.43. The molecule has 0 radical (unpaired) electrons. The van der Waals surface area contributed by atoms with Crippen LogP contribution in [0, 0.1) is 13.8 Å². The number of pyridine rings is 1. The maximum atomic E-state index is 9.43. The Hall–Kier alpha value is -2.90. The van der Waals surface area contributed by atoms with Gasteiger partial charge in [-0.1, -0.05) is 6.07 Å². The molecule has 6 nitrogen and oxygen atoms in total. The number of nitrogens with one attached hydrogen (secondary N) is 1. The van der Waals surface area contributed by atoms with Crippen molar-refractivity contribution >= 4 is 17.3 Å². The Morgan fingerprint density at radius 3 is 2.58 bits per heavy atom. The number of methoxy groups -OCH3 is 1. The van der Waals surface area contributed by atoms with E-state index < -0.39 is 0 Å². The molecule has 1 aliphatic heterocycles. The molecule has 0 bridgehead atoms. The van der Waals surface area contributed by atoms with Gasteiger partial charge in [-0.05, 0) is 80.5 Å². The highest BCUT2D eigenvalue weighted by atomic mass is 32.1. The molecule has 1 saturated heterocycles. The molecule has 4 rings (SSSR count). The Bertz CT molecular complexity index is 1050. The van der Waals surface area contributed by atoms with E-state index in [0.717, 1.165) is 28.5 Å². The Morgan fingerprint density at radius 2 is 1.94 bits per heavy atom. The average Bonchev–Trinajstić information content (AvgIpc) is 3.27. The summed E-state index contributed by atoms with van der Waals surface area (Å²) in [5.41, 5.74) is 5.56. The fourth-order valence-corrected chi connectivity index (χ4v) is 4.77. The number of aliphatic hydroxyl groups is 1. The Balaban J connectivity index is 1.79. The average molecular weight is 437 g/mol. The zero-order valence-electron chi connectivity index (χ0n) is 18.1. The third-order valence-electron chi connectivity index (χ3n) is 5.87. The van der Waals surface area contributed by atoms with Gasteiger partial charge in [-0.3, -0.25) is 4.98 Å². The highest BCUT2D eigenvalue weighted by molar-refractivity contribution is 7.80. The van der Waals surface area contributed by atoms with Gasteiger partial charge in [0.2, 0.25) is 0 Å². The van der Waals surface area contributed by atoms with Crippen molar-refractivity contribution in [2.75, 3.05) is 20.3 Å². The molecule has 2 unspecified atom stereocenters. The second-order valence-electron chi connectivity index (χ2n) is 7.76. The molecule has 0 spiro atoms. The molecule has 162 valence electrons. The number of aromatic nitrogens is 2. The van der Waals surface area contributed by atoms with E-state index in [0.29, 0.717) is 18.1 Å². The molecule has 2 atom stereocenters. The zero-order valence-corrected chi connectivity index (χ0v) is 18.9. The van der Waals surface area contributed by atoms with Crippen LogP contribution in [0.2, 0.25) is 0 Å². The van der Waals surface area contributed by atoms with Gasteiger partial charge in [-0.2, -0.15) is 0 Å². The van der Waals surface area contributed by atoms with Gasteiger partial charge in [0.05, 0.1) is 24.9 Å². The highest BCUT2D eigenvalue weighted by Gasteiger charge is 2.41. The fraction of sp³-hybridized carbons (Fsp3) is 0.333. The molecule has 2 aromatic heterocycles. The van der Waals surface area contributed by atoms with Gasteiger partial charge in [-0.15, -0.1) is 0 Å². The van der Waals surface area contributed by atoms with Crippen molar-refractivity contribution in [1.29, 1.82) is 0 Å². The van der Waals surface area contributed by atoms with Crippen LogP contribution in [0.25, 0.3) is 5.69 Å². The van der Waals surface area contributed by atoms with Gasteiger partial charge in [0, 0.05) is 36.4 Å². The Labute approximate surface area is 188 Å². The number of benzene rings is 1. The third kappa shape index (κ3) is 4.03. The number of aryl methyl sites for hydroxylation is 1. The second-order valence-corrected chi connectivity index (χ2v) is 8.14. The molecule has 3 heterocycles. The summed E-state index contributed by atoms with van der Waals surface area (Å²) in [5.74, 6) is 0.835. The number of ether oxygens (including phenoxy) is 1. The molecular weight excluding hydrogens is 408 g/mol. The minimum Gasteiger partial charge on any atom is -0.497 e. The maximum Gasteiger partial charge on any atom is 0.170 e. The predicted octanol–water partition coefficient (Wildman–Crippen LogP) is 3.85. The molecular formula is C24H28N4O2S. The van der Waals surface area contributed by atoms with Crippen molar-refractivity contribution in [3.05, 3.63) is 77.4 Å². The number of aliphatic hydroxyl groups excluding tert-OH is 1. The zero-order chi connectivity index (χ0) is 22.0. The molecule has 2 N–H and O–H groups in total. The lowest BCUT2D eigenvalue weighted by atomic mass is 9.96. The van der Waals surface area contributed by atoms with Crippen LogP contribution >= 0.6 is 12.2 Å². The van der Waals surface area contributed by atoms with Gasteiger partial charge in [0.1, 0.15) is 5.75 Å². The lowest BCUT2D eigenvalue weighted by Crippen LogP contribution is -2.31. The number of rotatable bonds is 7. The minimum atomic E-state index is -0.0581. The van der Waals surface area contributed by atoms with Crippen LogP contribution in [0.15, 0.2) is 54.7 Å². The highest BCUT2D eigenvalue weighted by Crippen LogP contribution is 2.41. The van der Waals surface area contributed by atoms with E-state index in [2.05, 4.69) is 51.8 Å². The number of hydrogen-bond donors (Lipinski definition) is 2. The minimum absolute atomic E-state index is 0.00727. The molecule has 7 heteroatoms. The SMILES string of the molecule is COc1ccc(-n2c(C)cc(C3C(c4ccccn4)NC(=S)N3CCCO)c2C)cc1. The van der Waals surface area contributed by atoms with E-state index in [-0.39, 0.29) is 18.7 Å². The summed E-state index contributed by atoms with van der Waals surface area (Å²) in [6.45, 7) is 5.08. The summed E-state index contributed by atoms with van der Waals surface area (Å²) in [5, 5.41) is 13.6. The molecule has 31 heavy (non-hydrogen) atoms. The van der Waals surface area contributed by atoms with E-state index >= 15 is 0 Å². The normalized spacial score (nSPS) is 18.3. The largest absolute Gasteiger partial charge is 0.497 e. The number of thiocarbonyl (C=S) groups is 1. The number of hydrogen-bond acceptors (Lipinski definition) is 4. The monoisotopic (exact) mass is 436 g/mol. The van der Waals surface area contributed by atoms with Crippen LogP contribution in [0.3, 0.4) is 0 Å². The van der Waals surface area contributed by atoms with E-state index in [9.17, 15) is 5.11 Å². The van der Waals surface area contributed by atoms with E-state index in [4.69, 9.17) is 17.0 Å². The Morgan fingerprint density at radius 1 is 1.16 bits per heavy atom. The first-order chi connectivity index (χ1) is 15.0. The topological polar surface area (TPSA) is 62.5 Å². The van der Waals surface area contributed by atoms with Crippen molar-refractivity contribution in [3.8, 4) is 11.4 Å². The molecule has 0 aliphatic carbocycles. The molecule has 1 aromatic carbocycles. The van der Waals surface area contributed by atoms with Crippen molar-refractivity contribution in [2.45, 2.75) is 32.4 Å². The number of nitrogens with zero attached hydrogens (tertiary/aromatic N) is 3. The van der Waals surface area contributed by atoms with Crippen LogP contribution in [0.4, 0.5) is 0 Å². The molecule has 1 fully saturated rings. The van der Waals surface area contributed by atoms with Crippen LogP contribution in [-0.2, 0) is 0 Å². The molecule has 1 aliphatic rings. The van der Waals surface area contributed by atoms with Gasteiger partial charge in [-0.25, -0.2) is 0 Å². The first-order valence-electron chi connectivity index (χ1n) is 10.5. The van der Waals surface area contributed by atoms with Crippen LogP contribution in [-0.4, -0.2) is 44.9 Å². The van der Waals surface area contributed by atoms with Crippen molar-refractivity contribution < 1.29 is 9.84 Å². The standard InChI is InChI=1S/C24H28N4O2S/c1-16-15-20(17(2)28(16)18-8-10-19(30-3)11-9-18)23-22(21-7-4-5-12-25-21)26-24(31)27(23)13-6-14-29/h4-5,7-12,15,22-23,29H,6,13-14H2,1-3H3,(H,26,31). The predicted molar refractivity (Wildman–Crippen MR) is 126 cm³/mol. The van der Waals surface area contributed by atoms with Crippen LogP contribution in [0.1, 0.15) is 41.1 Å². The van der Waals surface area contributed by atoms with E-state index in [1.807, 2.05) is 36.5 Å². The molecule has 3 aromatic rings. The van der Waals surface area contributed by atoms with Crippen LogP contribution < -0.4 is 10.1 Å². The van der Waals surface area contributed by atoms with E-state index in [1.165, 1.54) is 5.56 Å². The van der Waals surface area contributed by atoms with Gasteiger partial charge in [0.25, 0.3) is 0 Å². The first kappa shape index (κ1) is 21.3. The summed E-state index contributed by atoms with van der Waals surface area (Å²) in [6, 6.07) is 16.2. The summed E-state index contributed by atoms with van der Waals surface area (Å²) < 4.78 is 7.57. The van der Waals surface area contributed by atoms with Crippen molar-refractivity contribution in [3.63, 3.8) is 0 Å². The first-order valence-corrected chi connectivity index (χ1v) is 10.9. The Kier molecular flexibility index (Phi) is 6.25. The molecule has 0 saturated carbocycles. The van der Waals surface area contributed by atoms with Gasteiger partial charge in [0.15, 0.2) is 5.11 Å². The summed E-state index contributed by atoms with van der Waals surface area (Å²) in [6.07, 6.45) is 2.47. The summed E-state index contributed by atoms with van der Waals surface area (Å²) in [7, 11) is 1.67. The van der Waals surface area contributed by atoms with Crippen LogP contribution in [0.5, 0.6) is 5.75 Å². The van der Waals surface area contributed by atoms with Gasteiger partial charge < -0.3 is 24.6 Å². The summed E-state index contributed by atoms with van der Waals surface area (Å²) in [4.78, 5) is 6.79. The second kappa shape index (κ2) is 9.08. The van der Waals surface area contributed by atoms with Crippen molar-refractivity contribution in [1.82, 2.24) is 19.8 Å². The van der Waals surface area contributed by atoms with Gasteiger partial charge >= 0.3 is 0 Å². The molecule has 0 amide bonds. The fourth-order valence-electron chi connectivity index (χ4n) is 4.44. The lowest BCUT2D eigenvalue weighted by molar-refractivity contribution is 0.247. The van der Waals surface area contributed by atoms with E-state index in [1.54, 1.807) is 7.11 Å². The van der Waals surface area contributed by atoms with Crippen molar-refractivity contribution in [2.24, 2.45) is 0 Å². The lowest BCUT2D eigenvalue weighted by Gasteiger charge is -2.28. The quantitative estimate of drug-likeness (QED) is 0.549. The summed E-state index contributed by atoms with van der Waals surface area (Å²) >= 11 is 5.70. The third-order valence-corrected chi connectivity index (χ3v) is 6.23.